The fraction of sp³-hybridized carbons (Fsp3) is 0.273. The highest BCUT2D eigenvalue weighted by Crippen LogP contribution is 2.06. The van der Waals surface area contributed by atoms with Gasteiger partial charge in [0.2, 0.25) is 0 Å². The summed E-state index contributed by atoms with van der Waals surface area (Å²) in [6.07, 6.45) is 7.16. The van der Waals surface area contributed by atoms with E-state index in [1.165, 1.54) is 12.4 Å². The van der Waals surface area contributed by atoms with Gasteiger partial charge in [-0.25, -0.2) is 14.8 Å². The smallest absolute Gasteiger partial charge is 0.356 e. The van der Waals surface area contributed by atoms with E-state index in [-0.39, 0.29) is 5.69 Å². The second kappa shape index (κ2) is 6.28. The summed E-state index contributed by atoms with van der Waals surface area (Å²) in [5.41, 5.74) is -0.0630. The first-order valence-electron chi connectivity index (χ1n) is 5.62. The van der Waals surface area contributed by atoms with E-state index in [9.17, 15) is 4.79 Å². The van der Waals surface area contributed by atoms with Crippen LogP contribution in [-0.2, 0) is 6.54 Å². The number of aromatic carboxylic acids is 1. The van der Waals surface area contributed by atoms with Crippen LogP contribution in [0.25, 0.3) is 0 Å². The number of hydrogen-bond donors (Lipinski definition) is 2. The van der Waals surface area contributed by atoms with Crippen LogP contribution in [0.3, 0.4) is 0 Å². The van der Waals surface area contributed by atoms with Crippen LogP contribution in [0.4, 0.5) is 5.82 Å². The molecular weight excluding hydrogens is 314 g/mol. The van der Waals surface area contributed by atoms with Gasteiger partial charge in [0.05, 0.1) is 23.1 Å². The molecule has 0 unspecified atom stereocenters. The van der Waals surface area contributed by atoms with E-state index in [2.05, 4.69) is 36.3 Å². The average molecular weight is 326 g/mol. The first-order valence-corrected chi connectivity index (χ1v) is 6.41. The van der Waals surface area contributed by atoms with Crippen LogP contribution in [0.2, 0.25) is 0 Å². The zero-order valence-corrected chi connectivity index (χ0v) is 11.5. The van der Waals surface area contributed by atoms with Crippen LogP contribution in [0.15, 0.2) is 29.3 Å². The first kappa shape index (κ1) is 13.5. The molecule has 2 N–H and O–H groups in total. The molecule has 19 heavy (non-hydrogen) atoms. The predicted molar refractivity (Wildman–Crippen MR) is 72.0 cm³/mol. The summed E-state index contributed by atoms with van der Waals surface area (Å²) in [6, 6.07) is 0. The normalized spacial score (nSPS) is 10.4. The van der Waals surface area contributed by atoms with Crippen LogP contribution in [0.5, 0.6) is 0 Å². The van der Waals surface area contributed by atoms with Crippen molar-refractivity contribution in [3.8, 4) is 0 Å². The van der Waals surface area contributed by atoms with Crippen LogP contribution >= 0.6 is 15.9 Å². The summed E-state index contributed by atoms with van der Waals surface area (Å²) in [4.78, 5) is 18.3. The van der Waals surface area contributed by atoms with E-state index in [1.807, 2.05) is 10.9 Å². The van der Waals surface area contributed by atoms with E-state index < -0.39 is 5.97 Å². The third-order valence-electron chi connectivity index (χ3n) is 2.34. The number of halogens is 1. The van der Waals surface area contributed by atoms with Gasteiger partial charge in [-0.05, 0) is 22.4 Å². The van der Waals surface area contributed by atoms with Crippen LogP contribution < -0.4 is 5.32 Å². The zero-order valence-electron chi connectivity index (χ0n) is 9.95. The van der Waals surface area contributed by atoms with Gasteiger partial charge in [-0.1, -0.05) is 0 Å². The molecule has 0 aromatic carbocycles. The second-order valence-electron chi connectivity index (χ2n) is 3.79. The molecule has 7 nitrogen and oxygen atoms in total. The van der Waals surface area contributed by atoms with E-state index in [0.717, 1.165) is 17.4 Å². The molecule has 2 rings (SSSR count). The molecule has 8 heteroatoms. The number of anilines is 1. The van der Waals surface area contributed by atoms with Crippen molar-refractivity contribution < 1.29 is 9.90 Å². The van der Waals surface area contributed by atoms with E-state index in [4.69, 9.17) is 5.11 Å². The molecular formula is C11H12BrN5O2. The molecule has 0 atom stereocenters. The van der Waals surface area contributed by atoms with Gasteiger partial charge < -0.3 is 10.4 Å². The van der Waals surface area contributed by atoms with Crippen molar-refractivity contribution in [3.05, 3.63) is 35.0 Å². The van der Waals surface area contributed by atoms with Crippen LogP contribution in [-0.4, -0.2) is 37.4 Å². The fourth-order valence-corrected chi connectivity index (χ4v) is 1.78. The van der Waals surface area contributed by atoms with Crippen molar-refractivity contribution in [3.63, 3.8) is 0 Å². The number of aryl methyl sites for hydroxylation is 1. The number of carboxylic acid groups (broad SMARTS) is 1. The predicted octanol–water partition coefficient (Wildman–Crippen LogP) is 1.64. The molecule has 2 heterocycles. The lowest BCUT2D eigenvalue weighted by molar-refractivity contribution is 0.0690. The van der Waals surface area contributed by atoms with Gasteiger partial charge in [0.1, 0.15) is 5.82 Å². The van der Waals surface area contributed by atoms with Crippen molar-refractivity contribution in [2.75, 3.05) is 11.9 Å². The summed E-state index contributed by atoms with van der Waals surface area (Å²) in [6.45, 7) is 1.50. The largest absolute Gasteiger partial charge is 0.476 e. The average Bonchev–Trinajstić information content (AvgIpc) is 2.81. The number of carbonyl (C=O) groups is 1. The number of aromatic nitrogens is 4. The summed E-state index contributed by atoms with van der Waals surface area (Å²) < 4.78 is 2.79. The number of nitrogens with one attached hydrogen (secondary N) is 1. The Morgan fingerprint density at radius 1 is 1.37 bits per heavy atom. The Bertz CT molecular complexity index is 554. The quantitative estimate of drug-likeness (QED) is 0.784. The van der Waals surface area contributed by atoms with Crippen LogP contribution in [0, 0.1) is 0 Å². The minimum Gasteiger partial charge on any atom is -0.476 e. The highest BCUT2D eigenvalue weighted by atomic mass is 79.9. The lowest BCUT2D eigenvalue weighted by Gasteiger charge is -2.05. The van der Waals surface area contributed by atoms with Gasteiger partial charge in [0, 0.05) is 19.3 Å². The zero-order chi connectivity index (χ0) is 13.7. The molecule has 0 saturated carbocycles. The van der Waals surface area contributed by atoms with Gasteiger partial charge in [-0.15, -0.1) is 0 Å². The fourth-order valence-electron chi connectivity index (χ4n) is 1.45. The maximum atomic E-state index is 10.6. The third kappa shape index (κ3) is 4.02. The summed E-state index contributed by atoms with van der Waals surface area (Å²) in [7, 11) is 0. The Morgan fingerprint density at radius 2 is 2.21 bits per heavy atom. The van der Waals surface area contributed by atoms with Crippen LogP contribution in [0.1, 0.15) is 16.9 Å². The van der Waals surface area contributed by atoms with E-state index in [1.54, 1.807) is 6.20 Å². The Labute approximate surface area is 117 Å². The summed E-state index contributed by atoms with van der Waals surface area (Å²) in [5.74, 6) is -0.519. The first-order chi connectivity index (χ1) is 9.15. The Kier molecular flexibility index (Phi) is 4.45. The number of hydrogen-bond acceptors (Lipinski definition) is 5. The Morgan fingerprint density at radius 3 is 2.79 bits per heavy atom. The van der Waals surface area contributed by atoms with Gasteiger partial charge in [-0.2, -0.15) is 5.10 Å². The molecule has 0 saturated heterocycles. The molecule has 0 fully saturated rings. The lowest BCUT2D eigenvalue weighted by Crippen LogP contribution is -2.09. The lowest BCUT2D eigenvalue weighted by atomic mass is 10.4. The van der Waals surface area contributed by atoms with Crippen molar-refractivity contribution in [2.24, 2.45) is 0 Å². The SMILES string of the molecule is O=C(O)c1cnc(NCCCn2cc(Br)cn2)cn1. The topological polar surface area (TPSA) is 92.9 Å². The van der Waals surface area contributed by atoms with Crippen molar-refractivity contribution >= 4 is 27.7 Å². The minimum absolute atomic E-state index is 0.0630. The number of rotatable bonds is 6. The molecule has 2 aromatic heterocycles. The molecule has 0 amide bonds. The molecule has 2 aromatic rings. The van der Waals surface area contributed by atoms with Gasteiger partial charge >= 0.3 is 5.97 Å². The Hall–Kier alpha value is -1.96. The minimum atomic E-state index is -1.08. The van der Waals surface area contributed by atoms with Crippen molar-refractivity contribution in [1.82, 2.24) is 19.7 Å². The number of nitrogens with zero attached hydrogens (tertiary/aromatic N) is 4. The highest BCUT2D eigenvalue weighted by molar-refractivity contribution is 9.10. The van der Waals surface area contributed by atoms with Crippen molar-refractivity contribution in [2.45, 2.75) is 13.0 Å². The van der Waals surface area contributed by atoms with Gasteiger partial charge in [0.15, 0.2) is 5.69 Å². The molecule has 0 aliphatic carbocycles. The molecule has 0 bridgehead atoms. The Balaban J connectivity index is 1.75. The summed E-state index contributed by atoms with van der Waals surface area (Å²) in [5, 5.41) is 15.9. The maximum absolute atomic E-state index is 10.6. The van der Waals surface area contributed by atoms with Gasteiger partial charge in [-0.3, -0.25) is 4.68 Å². The molecule has 0 radical (unpaired) electrons. The third-order valence-corrected chi connectivity index (χ3v) is 2.75. The van der Waals surface area contributed by atoms with Crippen molar-refractivity contribution in [1.29, 1.82) is 0 Å². The number of carboxylic acids is 1. The van der Waals surface area contributed by atoms with E-state index in [0.29, 0.717) is 12.4 Å². The summed E-state index contributed by atoms with van der Waals surface area (Å²) >= 11 is 3.33. The molecule has 100 valence electrons. The van der Waals surface area contributed by atoms with Gasteiger partial charge in [0.25, 0.3) is 0 Å². The maximum Gasteiger partial charge on any atom is 0.356 e. The highest BCUT2D eigenvalue weighted by Gasteiger charge is 2.04. The standard InChI is InChI=1S/C11H12BrN5O2/c12-8-4-16-17(7-8)3-1-2-13-10-6-14-9(5-15-10)11(18)19/h4-7H,1-3H2,(H,13,15)(H,18,19). The second-order valence-corrected chi connectivity index (χ2v) is 4.71. The molecule has 0 spiro atoms. The molecule has 0 aliphatic rings. The van der Waals surface area contributed by atoms with E-state index >= 15 is 0 Å². The molecule has 0 aliphatic heterocycles. The monoisotopic (exact) mass is 325 g/mol.